The Labute approximate surface area is 121 Å². The Balaban J connectivity index is 2.20. The summed E-state index contributed by atoms with van der Waals surface area (Å²) in [4.78, 5) is 0. The molecule has 2 aromatic rings. The second kappa shape index (κ2) is 5.92. The molecule has 4 heteroatoms. The number of benzene rings is 2. The van der Waals surface area contributed by atoms with E-state index in [0.717, 1.165) is 23.4 Å². The summed E-state index contributed by atoms with van der Waals surface area (Å²) in [6.07, 6.45) is 0.991. The third-order valence-electron chi connectivity index (χ3n) is 3.13. The number of hydrogen-bond donors (Lipinski definition) is 1. The maximum absolute atomic E-state index is 12.7. The molecule has 0 aliphatic heterocycles. The second-order valence-corrected chi connectivity index (χ2v) is 4.71. The molecular weight excluding hydrogens is 275 g/mol. The first-order valence-electron chi connectivity index (χ1n) is 6.40. The van der Waals surface area contributed by atoms with Gasteiger partial charge in [0.05, 0.1) is 5.56 Å². The molecule has 0 saturated carbocycles. The van der Waals surface area contributed by atoms with Crippen LogP contribution in [0, 0.1) is 12.3 Å². The largest absolute Gasteiger partial charge is 0.416 e. The summed E-state index contributed by atoms with van der Waals surface area (Å²) >= 11 is 0. The van der Waals surface area contributed by atoms with E-state index >= 15 is 0 Å². The molecule has 0 amide bonds. The van der Waals surface area contributed by atoms with Gasteiger partial charge in [0.1, 0.15) is 0 Å². The first-order valence-corrected chi connectivity index (χ1v) is 6.40. The number of halogens is 3. The van der Waals surface area contributed by atoms with Crippen molar-refractivity contribution in [1.82, 2.24) is 0 Å². The van der Waals surface area contributed by atoms with Crippen molar-refractivity contribution in [2.24, 2.45) is 0 Å². The molecule has 0 aromatic heterocycles. The minimum atomic E-state index is -4.33. The molecule has 108 valence electrons. The lowest BCUT2D eigenvalue weighted by molar-refractivity contribution is -0.137. The molecule has 1 N–H and O–H groups in total. The Bertz CT molecular complexity index is 668. The van der Waals surface area contributed by atoms with E-state index in [9.17, 15) is 13.2 Å². The van der Waals surface area contributed by atoms with Crippen LogP contribution in [0.15, 0.2) is 48.5 Å². The van der Waals surface area contributed by atoms with Gasteiger partial charge in [-0.15, -0.1) is 6.42 Å². The van der Waals surface area contributed by atoms with Gasteiger partial charge in [0.25, 0.3) is 0 Å². The molecule has 1 nitrogen and oxygen atoms in total. The van der Waals surface area contributed by atoms with Crippen LogP contribution in [0.2, 0.25) is 0 Å². The molecule has 0 heterocycles. The van der Waals surface area contributed by atoms with Gasteiger partial charge in [-0.25, -0.2) is 0 Å². The summed E-state index contributed by atoms with van der Waals surface area (Å²) in [7, 11) is 0. The number of terminal acetylenes is 1. The Morgan fingerprint density at radius 2 is 1.81 bits per heavy atom. The Hall–Kier alpha value is -2.41. The molecule has 2 rings (SSSR count). The summed E-state index contributed by atoms with van der Waals surface area (Å²) in [5.41, 5.74) is 1.41. The van der Waals surface area contributed by atoms with E-state index in [2.05, 4.69) is 11.2 Å². The van der Waals surface area contributed by atoms with Gasteiger partial charge >= 0.3 is 6.18 Å². The van der Waals surface area contributed by atoms with Gasteiger partial charge in [-0.05, 0) is 42.8 Å². The zero-order valence-corrected chi connectivity index (χ0v) is 11.4. The Morgan fingerprint density at radius 1 is 1.10 bits per heavy atom. The van der Waals surface area contributed by atoms with Crippen LogP contribution >= 0.6 is 0 Å². The zero-order chi connectivity index (χ0) is 15.5. The van der Waals surface area contributed by atoms with E-state index < -0.39 is 11.7 Å². The molecule has 0 bridgehead atoms. The summed E-state index contributed by atoms with van der Waals surface area (Å²) in [5.74, 6) is 2.52. The van der Waals surface area contributed by atoms with E-state index in [1.807, 2.05) is 6.07 Å². The van der Waals surface area contributed by atoms with Crippen molar-refractivity contribution in [2.75, 3.05) is 5.32 Å². The molecule has 1 unspecified atom stereocenters. The van der Waals surface area contributed by atoms with Crippen molar-refractivity contribution in [3.63, 3.8) is 0 Å². The van der Waals surface area contributed by atoms with Crippen LogP contribution in [0.1, 0.15) is 29.7 Å². The number of rotatable bonds is 3. The van der Waals surface area contributed by atoms with Crippen LogP contribution in [-0.2, 0) is 6.18 Å². The van der Waals surface area contributed by atoms with Crippen molar-refractivity contribution < 1.29 is 13.2 Å². The van der Waals surface area contributed by atoms with Gasteiger partial charge < -0.3 is 5.32 Å². The smallest absolute Gasteiger partial charge is 0.378 e. The minimum Gasteiger partial charge on any atom is -0.378 e. The number of hydrogen-bond acceptors (Lipinski definition) is 1. The van der Waals surface area contributed by atoms with E-state index in [-0.39, 0.29) is 6.04 Å². The topological polar surface area (TPSA) is 12.0 Å². The molecule has 0 saturated heterocycles. The number of alkyl halides is 3. The lowest BCUT2D eigenvalue weighted by Crippen LogP contribution is -2.10. The number of nitrogens with one attached hydrogen (secondary N) is 1. The zero-order valence-electron chi connectivity index (χ0n) is 11.4. The van der Waals surface area contributed by atoms with Crippen molar-refractivity contribution in [2.45, 2.75) is 19.1 Å². The van der Waals surface area contributed by atoms with E-state index in [0.29, 0.717) is 5.56 Å². The molecule has 0 aliphatic rings. The summed E-state index contributed by atoms with van der Waals surface area (Å²) in [6, 6.07) is 12.2. The highest BCUT2D eigenvalue weighted by Gasteiger charge is 2.30. The predicted molar refractivity (Wildman–Crippen MR) is 77.9 cm³/mol. The third-order valence-corrected chi connectivity index (χ3v) is 3.13. The maximum atomic E-state index is 12.7. The molecule has 0 aliphatic carbocycles. The highest BCUT2D eigenvalue weighted by atomic mass is 19.4. The molecule has 1 atom stereocenters. The van der Waals surface area contributed by atoms with Gasteiger partial charge in [-0.1, -0.05) is 24.1 Å². The lowest BCUT2D eigenvalue weighted by atomic mass is 10.0. The van der Waals surface area contributed by atoms with E-state index in [4.69, 9.17) is 6.42 Å². The third kappa shape index (κ3) is 3.79. The van der Waals surface area contributed by atoms with Crippen LogP contribution < -0.4 is 5.32 Å². The fourth-order valence-electron chi connectivity index (χ4n) is 2.02. The van der Waals surface area contributed by atoms with Gasteiger partial charge in [-0.3, -0.25) is 0 Å². The normalized spacial score (nSPS) is 12.5. The Kier molecular flexibility index (Phi) is 4.23. The van der Waals surface area contributed by atoms with Crippen molar-refractivity contribution in [1.29, 1.82) is 0 Å². The first kappa shape index (κ1) is 15.0. The van der Waals surface area contributed by atoms with Crippen LogP contribution in [0.3, 0.4) is 0 Å². The molecule has 2 aromatic carbocycles. The standard InChI is InChI=1S/C17H14F3N/c1-3-13-6-4-9-16(10-13)21-12(2)14-7-5-8-15(11-14)17(18,19)20/h1,4-12,21H,2H3. The Morgan fingerprint density at radius 3 is 2.48 bits per heavy atom. The average molecular weight is 289 g/mol. The van der Waals surface area contributed by atoms with Crippen molar-refractivity contribution in [3.8, 4) is 12.3 Å². The highest BCUT2D eigenvalue weighted by molar-refractivity contribution is 5.51. The summed E-state index contributed by atoms with van der Waals surface area (Å²) in [5, 5.41) is 3.15. The summed E-state index contributed by atoms with van der Waals surface area (Å²) < 4.78 is 38.1. The highest BCUT2D eigenvalue weighted by Crippen LogP contribution is 2.31. The van der Waals surface area contributed by atoms with Gasteiger partial charge in [-0.2, -0.15) is 13.2 Å². The quantitative estimate of drug-likeness (QED) is 0.796. The maximum Gasteiger partial charge on any atom is 0.416 e. The van der Waals surface area contributed by atoms with Gasteiger partial charge in [0.2, 0.25) is 0 Å². The van der Waals surface area contributed by atoms with Gasteiger partial charge in [0.15, 0.2) is 0 Å². The lowest BCUT2D eigenvalue weighted by Gasteiger charge is -2.17. The van der Waals surface area contributed by atoms with Crippen LogP contribution in [0.4, 0.5) is 18.9 Å². The SMILES string of the molecule is C#Cc1cccc(NC(C)c2cccc(C(F)(F)F)c2)c1. The monoisotopic (exact) mass is 289 g/mol. The number of anilines is 1. The molecule has 0 radical (unpaired) electrons. The minimum absolute atomic E-state index is 0.264. The van der Waals surface area contributed by atoms with Crippen LogP contribution in [-0.4, -0.2) is 0 Å². The molecule has 0 spiro atoms. The molecular formula is C17H14F3N. The second-order valence-electron chi connectivity index (χ2n) is 4.71. The van der Waals surface area contributed by atoms with E-state index in [1.165, 1.54) is 6.07 Å². The first-order chi connectivity index (χ1) is 9.90. The predicted octanol–water partition coefficient (Wildman–Crippen LogP) is 4.86. The van der Waals surface area contributed by atoms with E-state index in [1.54, 1.807) is 31.2 Å². The van der Waals surface area contributed by atoms with Crippen LogP contribution in [0.25, 0.3) is 0 Å². The van der Waals surface area contributed by atoms with Crippen molar-refractivity contribution >= 4 is 5.69 Å². The van der Waals surface area contributed by atoms with Gasteiger partial charge in [0, 0.05) is 17.3 Å². The molecule has 0 fully saturated rings. The molecule has 21 heavy (non-hydrogen) atoms. The summed E-state index contributed by atoms with van der Waals surface area (Å²) in [6.45, 7) is 1.80. The fourth-order valence-corrected chi connectivity index (χ4v) is 2.02. The fraction of sp³-hybridized carbons (Fsp3) is 0.176. The van der Waals surface area contributed by atoms with Crippen LogP contribution in [0.5, 0.6) is 0 Å². The van der Waals surface area contributed by atoms with Crippen molar-refractivity contribution in [3.05, 3.63) is 65.2 Å². The average Bonchev–Trinajstić information content (AvgIpc) is 2.46.